The van der Waals surface area contributed by atoms with Gasteiger partial charge in [-0.25, -0.2) is 4.79 Å². The van der Waals surface area contributed by atoms with Crippen LogP contribution in [0.15, 0.2) is 24.3 Å². The van der Waals surface area contributed by atoms with Crippen LogP contribution in [0.3, 0.4) is 0 Å². The second-order valence-electron chi connectivity index (χ2n) is 7.87. The Labute approximate surface area is 143 Å². The van der Waals surface area contributed by atoms with Crippen molar-refractivity contribution in [2.75, 3.05) is 19.6 Å². The first-order chi connectivity index (χ1) is 11.4. The minimum absolute atomic E-state index is 0.0347. The van der Waals surface area contributed by atoms with E-state index < -0.39 is 11.9 Å². The molecule has 130 valence electrons. The van der Waals surface area contributed by atoms with E-state index in [1.54, 1.807) is 4.90 Å². The van der Waals surface area contributed by atoms with Crippen molar-refractivity contribution in [1.82, 2.24) is 10.2 Å². The van der Waals surface area contributed by atoms with Gasteiger partial charge in [0.25, 0.3) is 0 Å². The predicted octanol–water partition coefficient (Wildman–Crippen LogP) is 2.54. The smallest absolute Gasteiger partial charge is 0.317 e. The topological polar surface area (TPSA) is 69.6 Å². The van der Waals surface area contributed by atoms with Crippen LogP contribution >= 0.6 is 0 Å². The van der Waals surface area contributed by atoms with Crippen LogP contribution in [0.4, 0.5) is 4.79 Å². The number of fused-ring (bicyclic) bond motifs is 1. The second kappa shape index (κ2) is 6.46. The number of benzene rings is 1. The molecular formula is C19H26N2O3. The number of carbonyl (C=O) groups excluding carboxylic acids is 1. The maximum atomic E-state index is 12.5. The van der Waals surface area contributed by atoms with Crippen LogP contribution < -0.4 is 5.32 Å². The lowest BCUT2D eigenvalue weighted by Crippen LogP contribution is -2.51. The fourth-order valence-corrected chi connectivity index (χ4v) is 4.11. The van der Waals surface area contributed by atoms with Gasteiger partial charge in [-0.15, -0.1) is 0 Å². The van der Waals surface area contributed by atoms with Gasteiger partial charge in [-0.2, -0.15) is 0 Å². The molecule has 1 aromatic rings. The highest BCUT2D eigenvalue weighted by molar-refractivity contribution is 5.76. The number of nitrogens with one attached hydrogen (secondary N) is 1. The average molecular weight is 330 g/mol. The highest BCUT2D eigenvalue weighted by Gasteiger charge is 2.35. The zero-order valence-electron chi connectivity index (χ0n) is 14.4. The van der Waals surface area contributed by atoms with Gasteiger partial charge in [0, 0.05) is 19.6 Å². The molecule has 0 radical (unpaired) electrons. The summed E-state index contributed by atoms with van der Waals surface area (Å²) >= 11 is 0. The van der Waals surface area contributed by atoms with Crippen molar-refractivity contribution in [3.8, 4) is 0 Å². The van der Waals surface area contributed by atoms with Gasteiger partial charge in [0.05, 0.1) is 5.92 Å². The third-order valence-electron chi connectivity index (χ3n) is 5.32. The molecule has 0 bridgehead atoms. The fourth-order valence-electron chi connectivity index (χ4n) is 4.11. The number of hydrogen-bond donors (Lipinski definition) is 2. The van der Waals surface area contributed by atoms with Gasteiger partial charge < -0.3 is 15.3 Å². The highest BCUT2D eigenvalue weighted by Crippen LogP contribution is 2.36. The predicted molar refractivity (Wildman–Crippen MR) is 91.8 cm³/mol. The number of amides is 2. The van der Waals surface area contributed by atoms with E-state index in [9.17, 15) is 14.7 Å². The molecule has 1 aromatic carbocycles. The number of urea groups is 1. The molecule has 2 amide bonds. The van der Waals surface area contributed by atoms with Gasteiger partial charge in [0.2, 0.25) is 0 Å². The lowest BCUT2D eigenvalue weighted by Gasteiger charge is -2.35. The van der Waals surface area contributed by atoms with Gasteiger partial charge in [-0.1, -0.05) is 38.1 Å². The summed E-state index contributed by atoms with van der Waals surface area (Å²) < 4.78 is 0. The molecule has 5 heteroatoms. The van der Waals surface area contributed by atoms with E-state index in [0.29, 0.717) is 26.1 Å². The number of carbonyl (C=O) groups is 2. The van der Waals surface area contributed by atoms with Gasteiger partial charge >= 0.3 is 12.0 Å². The Kier molecular flexibility index (Phi) is 4.52. The van der Waals surface area contributed by atoms with Gasteiger partial charge in [-0.3, -0.25) is 4.79 Å². The van der Waals surface area contributed by atoms with Crippen LogP contribution in [0.1, 0.15) is 31.4 Å². The Balaban J connectivity index is 1.57. The van der Waals surface area contributed by atoms with E-state index in [1.807, 2.05) is 6.92 Å². The second-order valence-corrected chi connectivity index (χ2v) is 7.87. The van der Waals surface area contributed by atoms with E-state index in [0.717, 1.165) is 12.8 Å². The summed E-state index contributed by atoms with van der Waals surface area (Å²) in [5, 5.41) is 12.3. The van der Waals surface area contributed by atoms with Crippen molar-refractivity contribution in [1.29, 1.82) is 0 Å². The third-order valence-corrected chi connectivity index (χ3v) is 5.32. The number of carboxylic acids is 1. The summed E-state index contributed by atoms with van der Waals surface area (Å²) in [4.78, 5) is 25.4. The van der Waals surface area contributed by atoms with Crippen LogP contribution in [0.2, 0.25) is 0 Å². The number of likely N-dealkylation sites (tertiary alicyclic amines) is 1. The minimum atomic E-state index is -0.808. The highest BCUT2D eigenvalue weighted by atomic mass is 16.4. The number of hydrogen-bond acceptors (Lipinski definition) is 2. The number of carboxylic acid groups (broad SMARTS) is 1. The van der Waals surface area contributed by atoms with Crippen molar-refractivity contribution < 1.29 is 14.7 Å². The summed E-state index contributed by atoms with van der Waals surface area (Å²) in [5.41, 5.74) is 2.77. The summed E-state index contributed by atoms with van der Waals surface area (Å²) in [7, 11) is 0. The van der Waals surface area contributed by atoms with Crippen molar-refractivity contribution >= 4 is 12.0 Å². The first-order valence-electron chi connectivity index (χ1n) is 8.69. The summed E-state index contributed by atoms with van der Waals surface area (Å²) in [6, 6.07) is 8.30. The molecule has 0 aromatic heterocycles. The molecule has 0 spiro atoms. The Morgan fingerprint density at radius 2 is 1.88 bits per heavy atom. The van der Waals surface area contributed by atoms with Crippen LogP contribution in [-0.4, -0.2) is 41.6 Å². The average Bonchev–Trinajstić information content (AvgIpc) is 2.88. The molecule has 2 N–H and O–H groups in total. The van der Waals surface area contributed by atoms with E-state index in [2.05, 4.69) is 36.5 Å². The van der Waals surface area contributed by atoms with Crippen molar-refractivity contribution in [2.45, 2.75) is 33.1 Å². The monoisotopic (exact) mass is 330 g/mol. The van der Waals surface area contributed by atoms with E-state index >= 15 is 0 Å². The SMILES string of the molecule is CC1CC(C(=O)O)CN(C(=O)NCC2(C)Cc3ccccc3C2)C1. The fraction of sp³-hybridized carbons (Fsp3) is 0.579. The summed E-state index contributed by atoms with van der Waals surface area (Å²) in [6.45, 7) is 5.76. The molecule has 2 aliphatic rings. The quantitative estimate of drug-likeness (QED) is 0.895. The Morgan fingerprint density at radius 3 is 2.46 bits per heavy atom. The molecule has 1 aliphatic carbocycles. The molecule has 3 rings (SSSR count). The molecule has 1 saturated heterocycles. The Hall–Kier alpha value is -2.04. The van der Waals surface area contributed by atoms with Crippen molar-refractivity contribution in [3.63, 3.8) is 0 Å². The molecule has 2 unspecified atom stereocenters. The number of aliphatic carboxylic acids is 1. The molecule has 2 atom stereocenters. The molecule has 1 fully saturated rings. The zero-order valence-corrected chi connectivity index (χ0v) is 14.4. The molecule has 0 saturated carbocycles. The maximum Gasteiger partial charge on any atom is 0.317 e. The zero-order chi connectivity index (χ0) is 17.3. The largest absolute Gasteiger partial charge is 0.481 e. The summed E-state index contributed by atoms with van der Waals surface area (Å²) in [5.74, 6) is -1.04. The third kappa shape index (κ3) is 3.55. The van der Waals surface area contributed by atoms with Crippen LogP contribution in [0.25, 0.3) is 0 Å². The van der Waals surface area contributed by atoms with Gasteiger partial charge in [0.1, 0.15) is 0 Å². The van der Waals surface area contributed by atoms with E-state index in [-0.39, 0.29) is 17.4 Å². The van der Waals surface area contributed by atoms with Crippen LogP contribution in [0.5, 0.6) is 0 Å². The number of rotatable bonds is 3. The normalized spacial score (nSPS) is 25.2. The first kappa shape index (κ1) is 16.8. The first-order valence-corrected chi connectivity index (χ1v) is 8.69. The Bertz CT molecular complexity index is 618. The lowest BCUT2D eigenvalue weighted by molar-refractivity contribution is -0.143. The Morgan fingerprint density at radius 1 is 1.25 bits per heavy atom. The van der Waals surface area contributed by atoms with Crippen molar-refractivity contribution in [3.05, 3.63) is 35.4 Å². The molecule has 24 heavy (non-hydrogen) atoms. The molecule has 1 heterocycles. The van der Waals surface area contributed by atoms with Gasteiger partial charge in [-0.05, 0) is 41.7 Å². The van der Waals surface area contributed by atoms with Crippen LogP contribution in [0, 0.1) is 17.3 Å². The minimum Gasteiger partial charge on any atom is -0.481 e. The molecule has 5 nitrogen and oxygen atoms in total. The van der Waals surface area contributed by atoms with Crippen molar-refractivity contribution in [2.24, 2.45) is 17.3 Å². The van der Waals surface area contributed by atoms with Gasteiger partial charge in [0.15, 0.2) is 0 Å². The number of piperidine rings is 1. The number of nitrogens with zero attached hydrogens (tertiary/aromatic N) is 1. The maximum absolute atomic E-state index is 12.5. The molecule has 1 aliphatic heterocycles. The van der Waals surface area contributed by atoms with Crippen LogP contribution in [-0.2, 0) is 17.6 Å². The summed E-state index contributed by atoms with van der Waals surface area (Å²) in [6.07, 6.45) is 2.58. The van der Waals surface area contributed by atoms with E-state index in [4.69, 9.17) is 0 Å². The standard InChI is InChI=1S/C19H26N2O3/c1-13-7-16(17(22)23)11-21(10-13)18(24)20-12-19(2)8-14-5-3-4-6-15(14)9-19/h3-6,13,16H,7-12H2,1-2H3,(H,20,24)(H,22,23). The van der Waals surface area contributed by atoms with E-state index in [1.165, 1.54) is 11.1 Å². The molecular weight excluding hydrogens is 304 g/mol. The lowest BCUT2D eigenvalue weighted by atomic mass is 9.87.